The summed E-state index contributed by atoms with van der Waals surface area (Å²) in [5.74, 6) is 0.685. The van der Waals surface area contributed by atoms with Gasteiger partial charge in [-0.1, -0.05) is 20.8 Å². The lowest BCUT2D eigenvalue weighted by molar-refractivity contribution is -0.139. The molecule has 4 heteroatoms. The van der Waals surface area contributed by atoms with Crippen LogP contribution in [0.15, 0.2) is 0 Å². The highest BCUT2D eigenvalue weighted by atomic mass is 16.2. The molecule has 0 N–H and O–H groups in total. The quantitative estimate of drug-likeness (QED) is 0.744. The van der Waals surface area contributed by atoms with Crippen LogP contribution in [0.4, 0.5) is 0 Å². The van der Waals surface area contributed by atoms with Crippen LogP contribution >= 0.6 is 0 Å². The van der Waals surface area contributed by atoms with Crippen molar-refractivity contribution in [2.45, 2.75) is 79.2 Å². The first-order valence-electron chi connectivity index (χ1n) is 11.2. The maximum absolute atomic E-state index is 13.0. The Morgan fingerprint density at radius 2 is 1.44 bits per heavy atom. The molecule has 0 radical (unpaired) electrons. The van der Waals surface area contributed by atoms with Gasteiger partial charge in [-0.2, -0.15) is 0 Å². The van der Waals surface area contributed by atoms with Crippen molar-refractivity contribution in [1.29, 1.82) is 0 Å². The molecule has 0 aromatic carbocycles. The van der Waals surface area contributed by atoms with Crippen molar-refractivity contribution in [3.63, 3.8) is 0 Å². The summed E-state index contributed by atoms with van der Waals surface area (Å²) in [6.45, 7) is 21.3. The average molecular weight is 378 g/mol. The molecule has 1 saturated carbocycles. The van der Waals surface area contributed by atoms with Gasteiger partial charge < -0.3 is 4.90 Å². The molecule has 1 aliphatic carbocycles. The number of hydrogen-bond acceptors (Lipinski definition) is 3. The molecule has 0 aromatic rings. The normalized spacial score (nSPS) is 25.6. The van der Waals surface area contributed by atoms with Crippen LogP contribution in [0.3, 0.4) is 0 Å². The van der Waals surface area contributed by atoms with E-state index in [0.29, 0.717) is 16.7 Å². The van der Waals surface area contributed by atoms with Crippen LogP contribution in [-0.2, 0) is 4.79 Å². The molecule has 2 aliphatic heterocycles. The number of carbonyl (C=O) groups excluding carboxylic acids is 1. The van der Waals surface area contributed by atoms with E-state index in [1.165, 1.54) is 25.8 Å². The molecule has 156 valence electrons. The Labute approximate surface area is 167 Å². The van der Waals surface area contributed by atoms with Crippen LogP contribution in [0.2, 0.25) is 0 Å². The van der Waals surface area contributed by atoms with Gasteiger partial charge in [-0.15, -0.1) is 0 Å². The van der Waals surface area contributed by atoms with E-state index in [1.807, 2.05) is 0 Å². The van der Waals surface area contributed by atoms with Gasteiger partial charge in [-0.3, -0.25) is 14.6 Å². The minimum absolute atomic E-state index is 0.228. The summed E-state index contributed by atoms with van der Waals surface area (Å²) in [6.07, 6.45) is 6.20. The monoisotopic (exact) mass is 377 g/mol. The highest BCUT2D eigenvalue weighted by molar-refractivity contribution is 5.79. The third kappa shape index (κ3) is 5.69. The molecule has 1 amide bonds. The first-order valence-corrected chi connectivity index (χ1v) is 11.2. The van der Waals surface area contributed by atoms with Gasteiger partial charge in [0.25, 0.3) is 0 Å². The van der Waals surface area contributed by atoms with Crippen molar-refractivity contribution in [1.82, 2.24) is 14.7 Å². The Morgan fingerprint density at radius 3 is 1.89 bits per heavy atom. The van der Waals surface area contributed by atoms with Crippen LogP contribution in [0.1, 0.15) is 73.6 Å². The van der Waals surface area contributed by atoms with Gasteiger partial charge in [-0.25, -0.2) is 0 Å². The molecule has 3 fully saturated rings. The number of carbonyl (C=O) groups is 1. The summed E-state index contributed by atoms with van der Waals surface area (Å²) in [4.78, 5) is 20.3. The van der Waals surface area contributed by atoms with Crippen molar-refractivity contribution in [3.05, 3.63) is 0 Å². The number of piperazine rings is 1. The van der Waals surface area contributed by atoms with E-state index in [0.717, 1.165) is 52.1 Å². The second-order valence-electron chi connectivity index (χ2n) is 11.8. The minimum atomic E-state index is 0.228. The number of likely N-dealkylation sites (tertiary alicyclic amines) is 1. The summed E-state index contributed by atoms with van der Waals surface area (Å²) in [6, 6.07) is 0. The number of nitrogens with zero attached hydrogens (tertiary/aromatic N) is 3. The summed E-state index contributed by atoms with van der Waals surface area (Å²) < 4.78 is 0. The Kier molecular flexibility index (Phi) is 5.99. The second kappa shape index (κ2) is 7.67. The lowest BCUT2D eigenvalue weighted by atomic mass is 9.82. The largest absolute Gasteiger partial charge is 0.340 e. The van der Waals surface area contributed by atoms with Crippen LogP contribution in [0.25, 0.3) is 0 Å². The summed E-state index contributed by atoms with van der Waals surface area (Å²) in [5.41, 5.74) is 1.23. The van der Waals surface area contributed by atoms with Crippen molar-refractivity contribution in [2.75, 3.05) is 45.8 Å². The maximum Gasteiger partial charge on any atom is 0.225 e. The molecule has 3 aliphatic rings. The smallest absolute Gasteiger partial charge is 0.225 e. The van der Waals surface area contributed by atoms with Crippen molar-refractivity contribution in [2.24, 2.45) is 16.7 Å². The van der Waals surface area contributed by atoms with Gasteiger partial charge in [-0.05, 0) is 76.8 Å². The van der Waals surface area contributed by atoms with E-state index in [4.69, 9.17) is 0 Å². The topological polar surface area (TPSA) is 26.8 Å². The first-order chi connectivity index (χ1) is 12.5. The van der Waals surface area contributed by atoms with Crippen LogP contribution < -0.4 is 0 Å². The third-order valence-corrected chi connectivity index (χ3v) is 6.90. The summed E-state index contributed by atoms with van der Waals surface area (Å²) in [5, 5.41) is 0. The van der Waals surface area contributed by atoms with E-state index < -0.39 is 0 Å². The number of rotatable bonds is 4. The zero-order valence-electron chi connectivity index (χ0n) is 18.8. The fourth-order valence-electron chi connectivity index (χ4n) is 5.35. The van der Waals surface area contributed by atoms with E-state index in [2.05, 4.69) is 56.2 Å². The number of amides is 1. The SMILES string of the molecule is CC(C)(C)CC1(CN2CCN(C(=O)C3CCN(C(C)(C)C)CC3)CC2)CC1. The molecule has 0 unspecified atom stereocenters. The van der Waals surface area contributed by atoms with Crippen molar-refractivity contribution >= 4 is 5.91 Å². The lowest BCUT2D eigenvalue weighted by Crippen LogP contribution is -2.53. The van der Waals surface area contributed by atoms with Gasteiger partial charge in [0.2, 0.25) is 5.91 Å². The molecular weight excluding hydrogens is 334 g/mol. The lowest BCUT2D eigenvalue weighted by Gasteiger charge is -2.43. The fourth-order valence-corrected chi connectivity index (χ4v) is 5.35. The van der Waals surface area contributed by atoms with E-state index in [1.54, 1.807) is 0 Å². The molecule has 0 spiro atoms. The van der Waals surface area contributed by atoms with Gasteiger partial charge >= 0.3 is 0 Å². The molecule has 3 rings (SSSR count). The Balaban J connectivity index is 1.42. The predicted octanol–water partition coefficient (Wildman–Crippen LogP) is 3.86. The molecule has 0 bridgehead atoms. The number of hydrogen-bond donors (Lipinski definition) is 0. The van der Waals surface area contributed by atoms with Crippen LogP contribution in [-0.4, -0.2) is 72.0 Å². The molecule has 0 atom stereocenters. The van der Waals surface area contributed by atoms with Crippen molar-refractivity contribution in [3.8, 4) is 0 Å². The average Bonchev–Trinajstić information content (AvgIpc) is 3.31. The zero-order chi connectivity index (χ0) is 19.9. The summed E-state index contributed by atoms with van der Waals surface area (Å²) >= 11 is 0. The Morgan fingerprint density at radius 1 is 0.889 bits per heavy atom. The fraction of sp³-hybridized carbons (Fsp3) is 0.957. The zero-order valence-corrected chi connectivity index (χ0v) is 18.8. The van der Waals surface area contributed by atoms with Gasteiger partial charge in [0.05, 0.1) is 0 Å². The highest BCUT2D eigenvalue weighted by Crippen LogP contribution is 2.53. The third-order valence-electron chi connectivity index (χ3n) is 6.90. The Bertz CT molecular complexity index is 511. The van der Waals surface area contributed by atoms with Crippen molar-refractivity contribution < 1.29 is 4.79 Å². The first kappa shape index (κ1) is 21.1. The highest BCUT2D eigenvalue weighted by Gasteiger charge is 2.46. The maximum atomic E-state index is 13.0. The van der Waals surface area contributed by atoms with Crippen LogP contribution in [0.5, 0.6) is 0 Å². The second-order valence-corrected chi connectivity index (χ2v) is 11.8. The molecule has 2 saturated heterocycles. The number of piperidine rings is 1. The van der Waals surface area contributed by atoms with Gasteiger partial charge in [0.1, 0.15) is 0 Å². The van der Waals surface area contributed by atoms with Gasteiger partial charge in [0.15, 0.2) is 0 Å². The summed E-state index contributed by atoms with van der Waals surface area (Å²) in [7, 11) is 0. The van der Waals surface area contributed by atoms with E-state index in [-0.39, 0.29) is 11.5 Å². The molecular formula is C23H43N3O. The standard InChI is InChI=1S/C23H43N3O/c1-21(2,3)17-23(9-10-23)18-24-13-15-25(16-14-24)20(27)19-7-11-26(12-8-19)22(4,5)6/h19H,7-18H2,1-6H3. The molecule has 2 heterocycles. The van der Waals surface area contributed by atoms with Crippen LogP contribution in [0, 0.1) is 16.7 Å². The Hall–Kier alpha value is -0.610. The van der Waals surface area contributed by atoms with E-state index >= 15 is 0 Å². The van der Waals surface area contributed by atoms with Gasteiger partial charge in [0, 0.05) is 44.2 Å². The minimum Gasteiger partial charge on any atom is -0.340 e. The predicted molar refractivity (Wildman–Crippen MR) is 113 cm³/mol. The molecule has 0 aromatic heterocycles. The molecule has 27 heavy (non-hydrogen) atoms. The molecule has 4 nitrogen and oxygen atoms in total. The van der Waals surface area contributed by atoms with E-state index in [9.17, 15) is 4.79 Å².